The van der Waals surface area contributed by atoms with Crippen molar-refractivity contribution in [3.63, 3.8) is 0 Å². The van der Waals surface area contributed by atoms with Gasteiger partial charge < -0.3 is 9.80 Å². The Bertz CT molecular complexity index is 550. The number of nitrogens with zero attached hydrogens (tertiary/aromatic N) is 2. The number of rotatable bonds is 2. The molecule has 1 aliphatic carbocycles. The maximum atomic E-state index is 12.9. The van der Waals surface area contributed by atoms with Gasteiger partial charge in [-0.25, -0.2) is 4.39 Å². The summed E-state index contributed by atoms with van der Waals surface area (Å²) in [5.41, 5.74) is 1.04. The van der Waals surface area contributed by atoms with E-state index in [0.29, 0.717) is 26.2 Å². The van der Waals surface area contributed by atoms with E-state index in [0.717, 1.165) is 12.0 Å². The quantitative estimate of drug-likeness (QED) is 0.830. The Morgan fingerprint density at radius 1 is 1.05 bits per heavy atom. The van der Waals surface area contributed by atoms with E-state index in [1.54, 1.807) is 24.0 Å². The Labute approximate surface area is 123 Å². The second-order valence-corrected chi connectivity index (χ2v) is 5.83. The molecule has 5 heteroatoms. The lowest BCUT2D eigenvalue weighted by Gasteiger charge is -2.34. The Kier molecular flexibility index (Phi) is 3.66. The van der Waals surface area contributed by atoms with Crippen LogP contribution in [0.1, 0.15) is 24.8 Å². The van der Waals surface area contributed by atoms with E-state index < -0.39 is 0 Å². The van der Waals surface area contributed by atoms with Gasteiger partial charge in [-0.3, -0.25) is 9.59 Å². The van der Waals surface area contributed by atoms with Crippen molar-refractivity contribution in [1.82, 2.24) is 9.80 Å². The summed E-state index contributed by atoms with van der Waals surface area (Å²) < 4.78 is 12.9. The average Bonchev–Trinajstić information content (AvgIpc) is 3.28. The van der Waals surface area contributed by atoms with Crippen LogP contribution in [-0.4, -0.2) is 47.8 Å². The maximum Gasteiger partial charge on any atom is 0.226 e. The molecule has 0 radical (unpaired) electrons. The second kappa shape index (κ2) is 5.47. The third kappa shape index (κ3) is 2.91. The van der Waals surface area contributed by atoms with Crippen LogP contribution in [0.4, 0.5) is 4.39 Å². The molecule has 0 bridgehead atoms. The molecule has 0 N–H and O–H groups in total. The fourth-order valence-corrected chi connectivity index (χ4v) is 3.02. The minimum absolute atomic E-state index is 0.0272. The van der Waals surface area contributed by atoms with Crippen LogP contribution in [0.15, 0.2) is 24.3 Å². The van der Waals surface area contributed by atoms with Gasteiger partial charge in [-0.2, -0.15) is 0 Å². The zero-order valence-corrected chi connectivity index (χ0v) is 12.1. The van der Waals surface area contributed by atoms with E-state index in [2.05, 4.69) is 0 Å². The molecular weight excluding hydrogens is 271 g/mol. The molecule has 0 aromatic heterocycles. The van der Waals surface area contributed by atoms with E-state index in [9.17, 15) is 14.0 Å². The highest BCUT2D eigenvalue weighted by Crippen LogP contribution is 2.48. The Hall–Kier alpha value is -1.91. The van der Waals surface area contributed by atoms with Crippen molar-refractivity contribution in [2.75, 3.05) is 26.2 Å². The molecule has 4 nitrogen and oxygen atoms in total. The van der Waals surface area contributed by atoms with Gasteiger partial charge in [0, 0.05) is 39.0 Å². The van der Waals surface area contributed by atoms with Gasteiger partial charge >= 0.3 is 0 Å². The van der Waals surface area contributed by atoms with Crippen molar-refractivity contribution in [1.29, 1.82) is 0 Å². The number of benzene rings is 1. The van der Waals surface area contributed by atoms with Crippen LogP contribution in [0.5, 0.6) is 0 Å². The fourth-order valence-electron chi connectivity index (χ4n) is 3.02. The van der Waals surface area contributed by atoms with Gasteiger partial charge in [0.05, 0.1) is 0 Å². The highest BCUT2D eigenvalue weighted by atomic mass is 19.1. The van der Waals surface area contributed by atoms with Crippen LogP contribution in [0.2, 0.25) is 0 Å². The molecule has 21 heavy (non-hydrogen) atoms. The number of amides is 2. The number of hydrogen-bond acceptors (Lipinski definition) is 2. The fraction of sp³-hybridized carbons (Fsp3) is 0.500. The SMILES string of the molecule is CC(=O)N1CCN(C(=O)C2CC2c2ccc(F)cc2)CC1. The first-order valence-corrected chi connectivity index (χ1v) is 7.36. The topological polar surface area (TPSA) is 40.6 Å². The minimum Gasteiger partial charge on any atom is -0.339 e. The monoisotopic (exact) mass is 290 g/mol. The van der Waals surface area contributed by atoms with Crippen molar-refractivity contribution in [3.05, 3.63) is 35.6 Å². The molecule has 1 aromatic carbocycles. The van der Waals surface area contributed by atoms with Gasteiger partial charge in [-0.05, 0) is 30.0 Å². The third-order valence-electron chi connectivity index (χ3n) is 4.44. The molecule has 1 saturated heterocycles. The van der Waals surface area contributed by atoms with Crippen LogP contribution in [-0.2, 0) is 9.59 Å². The summed E-state index contributed by atoms with van der Waals surface area (Å²) >= 11 is 0. The molecule has 1 saturated carbocycles. The maximum absolute atomic E-state index is 12.9. The van der Waals surface area contributed by atoms with Gasteiger partial charge in [0.25, 0.3) is 0 Å². The molecule has 1 aliphatic heterocycles. The highest BCUT2D eigenvalue weighted by Gasteiger charge is 2.46. The molecule has 2 atom stereocenters. The summed E-state index contributed by atoms with van der Waals surface area (Å²) in [7, 11) is 0. The summed E-state index contributed by atoms with van der Waals surface area (Å²) in [5, 5.41) is 0. The predicted molar refractivity (Wildman–Crippen MR) is 76.1 cm³/mol. The van der Waals surface area contributed by atoms with Gasteiger partial charge in [0.2, 0.25) is 11.8 Å². The zero-order valence-electron chi connectivity index (χ0n) is 12.1. The van der Waals surface area contributed by atoms with Crippen LogP contribution < -0.4 is 0 Å². The first-order valence-electron chi connectivity index (χ1n) is 7.36. The normalized spacial score (nSPS) is 24.9. The van der Waals surface area contributed by atoms with Crippen LogP contribution in [0.3, 0.4) is 0 Å². The number of carbonyl (C=O) groups is 2. The summed E-state index contributed by atoms with van der Waals surface area (Å²) in [6, 6.07) is 6.42. The lowest BCUT2D eigenvalue weighted by Crippen LogP contribution is -2.50. The number of piperazine rings is 1. The van der Waals surface area contributed by atoms with Crippen molar-refractivity contribution in [3.8, 4) is 0 Å². The standard InChI is InChI=1S/C16H19FN2O2/c1-11(20)18-6-8-19(9-7-18)16(21)15-10-14(15)12-2-4-13(17)5-3-12/h2-5,14-15H,6-10H2,1H3. The summed E-state index contributed by atoms with van der Waals surface area (Å²) in [6.07, 6.45) is 0.845. The molecule has 1 heterocycles. The molecular formula is C16H19FN2O2. The Morgan fingerprint density at radius 2 is 1.62 bits per heavy atom. The largest absolute Gasteiger partial charge is 0.339 e. The van der Waals surface area contributed by atoms with Crippen molar-refractivity contribution >= 4 is 11.8 Å². The second-order valence-electron chi connectivity index (χ2n) is 5.83. The molecule has 2 unspecified atom stereocenters. The van der Waals surface area contributed by atoms with Crippen molar-refractivity contribution in [2.45, 2.75) is 19.3 Å². The Morgan fingerprint density at radius 3 is 2.19 bits per heavy atom. The van der Waals surface area contributed by atoms with Crippen LogP contribution >= 0.6 is 0 Å². The smallest absolute Gasteiger partial charge is 0.226 e. The lowest BCUT2D eigenvalue weighted by molar-refractivity contribution is -0.139. The van der Waals surface area contributed by atoms with Crippen LogP contribution in [0.25, 0.3) is 0 Å². The van der Waals surface area contributed by atoms with Gasteiger partial charge in [0.15, 0.2) is 0 Å². The summed E-state index contributed by atoms with van der Waals surface area (Å²) in [5.74, 6) is 0.246. The zero-order chi connectivity index (χ0) is 15.0. The Balaban J connectivity index is 1.56. The van der Waals surface area contributed by atoms with Crippen molar-refractivity contribution in [2.24, 2.45) is 5.92 Å². The van der Waals surface area contributed by atoms with E-state index >= 15 is 0 Å². The molecule has 1 aromatic rings. The van der Waals surface area contributed by atoms with Crippen LogP contribution in [0, 0.1) is 11.7 Å². The van der Waals surface area contributed by atoms with E-state index in [1.165, 1.54) is 12.1 Å². The van der Waals surface area contributed by atoms with E-state index in [-0.39, 0.29) is 29.5 Å². The van der Waals surface area contributed by atoms with Gasteiger partial charge in [0.1, 0.15) is 5.82 Å². The first-order chi connectivity index (χ1) is 10.1. The average molecular weight is 290 g/mol. The predicted octanol–water partition coefficient (Wildman–Crippen LogP) is 1.62. The summed E-state index contributed by atoms with van der Waals surface area (Å²) in [4.78, 5) is 27.3. The number of hydrogen-bond donors (Lipinski definition) is 0. The first kappa shape index (κ1) is 14.0. The number of halogens is 1. The van der Waals surface area contributed by atoms with Crippen molar-refractivity contribution < 1.29 is 14.0 Å². The third-order valence-corrected chi connectivity index (χ3v) is 4.44. The molecule has 3 rings (SSSR count). The van der Waals surface area contributed by atoms with E-state index in [1.807, 2.05) is 4.90 Å². The van der Waals surface area contributed by atoms with Gasteiger partial charge in [-0.1, -0.05) is 12.1 Å². The molecule has 0 spiro atoms. The number of carbonyl (C=O) groups excluding carboxylic acids is 2. The van der Waals surface area contributed by atoms with Gasteiger partial charge in [-0.15, -0.1) is 0 Å². The minimum atomic E-state index is -0.248. The highest BCUT2D eigenvalue weighted by molar-refractivity contribution is 5.83. The summed E-state index contributed by atoms with van der Waals surface area (Å²) in [6.45, 7) is 4.03. The molecule has 2 aliphatic rings. The van der Waals surface area contributed by atoms with E-state index in [4.69, 9.17) is 0 Å². The molecule has 112 valence electrons. The molecule has 2 amide bonds. The lowest BCUT2D eigenvalue weighted by atomic mass is 10.1. The molecule has 2 fully saturated rings.